The summed E-state index contributed by atoms with van der Waals surface area (Å²) in [5.74, 6) is 0.592. The van der Waals surface area contributed by atoms with Crippen molar-refractivity contribution in [3.63, 3.8) is 0 Å². The van der Waals surface area contributed by atoms with Crippen molar-refractivity contribution in [3.8, 4) is 17.1 Å². The third kappa shape index (κ3) is 10.5. The Balaban J connectivity index is 1.41. The Morgan fingerprint density at radius 3 is 1.62 bits per heavy atom. The predicted octanol–water partition coefficient (Wildman–Crippen LogP) is 9.17. The summed E-state index contributed by atoms with van der Waals surface area (Å²) in [6.07, 6.45) is 20.9. The lowest BCUT2D eigenvalue weighted by Crippen LogP contribution is -2.09. The molecule has 0 N–H and O–H groups in total. The zero-order valence-electron chi connectivity index (χ0n) is 22.9. The maximum absolute atomic E-state index is 12.6. The molecule has 198 valence electrons. The molecule has 0 aliphatic heterocycles. The Bertz CT molecular complexity index is 1030. The Kier molecular flexibility index (Phi) is 12.9. The van der Waals surface area contributed by atoms with Crippen LogP contribution < -0.4 is 4.74 Å². The quantitative estimate of drug-likeness (QED) is 0.137. The highest BCUT2D eigenvalue weighted by Crippen LogP contribution is 2.19. The standard InChI is InChI=1S/C33H44N2O2/c1-3-5-7-9-10-11-12-14-16-28-19-23-30(24-20-28)33(36)37-31-25-34-32(35-26-31)29-21-17-27(18-22-29)15-13-8-6-4-2/h17-26H,3-16H2,1-2H3. The summed E-state index contributed by atoms with van der Waals surface area (Å²) in [5, 5.41) is 0. The zero-order valence-corrected chi connectivity index (χ0v) is 22.9. The monoisotopic (exact) mass is 500 g/mol. The van der Waals surface area contributed by atoms with Crippen molar-refractivity contribution in [1.29, 1.82) is 0 Å². The minimum absolute atomic E-state index is 0.351. The maximum Gasteiger partial charge on any atom is 0.343 e. The van der Waals surface area contributed by atoms with Gasteiger partial charge in [0.2, 0.25) is 0 Å². The van der Waals surface area contributed by atoms with Gasteiger partial charge < -0.3 is 4.74 Å². The first-order chi connectivity index (χ1) is 18.2. The van der Waals surface area contributed by atoms with Gasteiger partial charge in [-0.3, -0.25) is 0 Å². The number of benzene rings is 2. The van der Waals surface area contributed by atoms with E-state index in [2.05, 4.69) is 48.1 Å². The molecule has 0 fully saturated rings. The van der Waals surface area contributed by atoms with Crippen molar-refractivity contribution in [2.75, 3.05) is 0 Å². The number of aromatic nitrogens is 2. The second-order valence-corrected chi connectivity index (χ2v) is 10.1. The average Bonchev–Trinajstić information content (AvgIpc) is 2.94. The molecule has 0 saturated carbocycles. The van der Waals surface area contributed by atoms with Crippen LogP contribution >= 0.6 is 0 Å². The molecule has 0 radical (unpaired) electrons. The van der Waals surface area contributed by atoms with Gasteiger partial charge in [-0.25, -0.2) is 14.8 Å². The van der Waals surface area contributed by atoms with E-state index in [1.165, 1.54) is 88.2 Å². The number of aryl methyl sites for hydroxylation is 2. The average molecular weight is 501 g/mol. The fourth-order valence-electron chi connectivity index (χ4n) is 4.53. The van der Waals surface area contributed by atoms with Crippen LogP contribution in [0, 0.1) is 0 Å². The lowest BCUT2D eigenvalue weighted by atomic mass is 10.0. The molecule has 0 spiro atoms. The van der Waals surface area contributed by atoms with Crippen LogP contribution in [0.4, 0.5) is 0 Å². The van der Waals surface area contributed by atoms with E-state index in [1.807, 2.05) is 24.3 Å². The summed E-state index contributed by atoms with van der Waals surface area (Å²) < 4.78 is 5.50. The molecule has 4 heteroatoms. The van der Waals surface area contributed by atoms with E-state index in [0.29, 0.717) is 17.1 Å². The molecular formula is C33H44N2O2. The van der Waals surface area contributed by atoms with E-state index in [0.717, 1.165) is 18.4 Å². The molecule has 0 atom stereocenters. The molecule has 1 aromatic heterocycles. The van der Waals surface area contributed by atoms with Crippen molar-refractivity contribution >= 4 is 5.97 Å². The molecule has 0 unspecified atom stereocenters. The van der Waals surface area contributed by atoms with Gasteiger partial charge in [-0.1, -0.05) is 114 Å². The SMILES string of the molecule is CCCCCCCCCCc1ccc(C(=O)Oc2cnc(-c3ccc(CCCCCC)cc3)nc2)cc1. The van der Waals surface area contributed by atoms with Gasteiger partial charge in [-0.15, -0.1) is 0 Å². The summed E-state index contributed by atoms with van der Waals surface area (Å²) in [6.45, 7) is 4.49. The number of carbonyl (C=O) groups excluding carboxylic acids is 1. The van der Waals surface area contributed by atoms with Crippen LogP contribution in [0.2, 0.25) is 0 Å². The fourth-order valence-corrected chi connectivity index (χ4v) is 4.53. The molecule has 0 saturated heterocycles. The first-order valence-corrected chi connectivity index (χ1v) is 14.4. The molecule has 2 aromatic carbocycles. The second kappa shape index (κ2) is 16.7. The predicted molar refractivity (Wildman–Crippen MR) is 153 cm³/mol. The number of nitrogens with zero attached hydrogens (tertiary/aromatic N) is 2. The minimum Gasteiger partial charge on any atom is -0.420 e. The number of unbranched alkanes of at least 4 members (excludes halogenated alkanes) is 10. The van der Waals surface area contributed by atoms with Gasteiger partial charge >= 0.3 is 5.97 Å². The van der Waals surface area contributed by atoms with Crippen LogP contribution in [0.25, 0.3) is 11.4 Å². The molecule has 0 amide bonds. The van der Waals surface area contributed by atoms with Crippen LogP contribution in [-0.2, 0) is 12.8 Å². The number of hydrogen-bond donors (Lipinski definition) is 0. The number of carbonyl (C=O) groups is 1. The number of esters is 1. The number of hydrogen-bond acceptors (Lipinski definition) is 4. The summed E-state index contributed by atoms with van der Waals surface area (Å²) in [4.78, 5) is 21.4. The number of ether oxygens (including phenoxy) is 1. The molecule has 0 aliphatic carbocycles. The van der Waals surface area contributed by atoms with Crippen molar-refractivity contribution in [2.45, 2.75) is 104 Å². The summed E-state index contributed by atoms with van der Waals surface area (Å²) >= 11 is 0. The Morgan fingerprint density at radius 2 is 1.08 bits per heavy atom. The zero-order chi connectivity index (χ0) is 26.1. The van der Waals surface area contributed by atoms with Crippen molar-refractivity contribution < 1.29 is 9.53 Å². The molecule has 3 aromatic rings. The summed E-state index contributed by atoms with van der Waals surface area (Å²) in [7, 11) is 0. The largest absolute Gasteiger partial charge is 0.420 e. The van der Waals surface area contributed by atoms with Crippen LogP contribution in [0.3, 0.4) is 0 Å². The van der Waals surface area contributed by atoms with E-state index < -0.39 is 0 Å². The lowest BCUT2D eigenvalue weighted by molar-refractivity contribution is 0.0733. The Labute approximate surface area is 223 Å². The van der Waals surface area contributed by atoms with E-state index in [1.54, 1.807) is 12.4 Å². The fraction of sp³-hybridized carbons (Fsp3) is 0.485. The van der Waals surface area contributed by atoms with Gasteiger partial charge in [0.25, 0.3) is 0 Å². The van der Waals surface area contributed by atoms with E-state index in [-0.39, 0.29) is 5.97 Å². The van der Waals surface area contributed by atoms with Crippen LogP contribution in [0.15, 0.2) is 60.9 Å². The topological polar surface area (TPSA) is 52.1 Å². The van der Waals surface area contributed by atoms with Gasteiger partial charge in [0.15, 0.2) is 11.6 Å². The van der Waals surface area contributed by atoms with Crippen LogP contribution in [-0.4, -0.2) is 15.9 Å². The molecule has 3 rings (SSSR count). The molecule has 0 aliphatic rings. The second-order valence-electron chi connectivity index (χ2n) is 10.1. The normalized spacial score (nSPS) is 11.0. The first-order valence-electron chi connectivity index (χ1n) is 14.4. The van der Waals surface area contributed by atoms with E-state index in [4.69, 9.17) is 4.74 Å². The smallest absolute Gasteiger partial charge is 0.343 e. The van der Waals surface area contributed by atoms with Crippen molar-refractivity contribution in [1.82, 2.24) is 9.97 Å². The minimum atomic E-state index is -0.387. The Hall–Kier alpha value is -3.01. The van der Waals surface area contributed by atoms with Gasteiger partial charge in [0, 0.05) is 5.56 Å². The molecule has 0 bridgehead atoms. The molecule has 1 heterocycles. The highest BCUT2D eigenvalue weighted by Gasteiger charge is 2.10. The van der Waals surface area contributed by atoms with Gasteiger partial charge in [-0.05, 0) is 48.9 Å². The third-order valence-corrected chi connectivity index (χ3v) is 6.88. The van der Waals surface area contributed by atoms with Gasteiger partial charge in [0.05, 0.1) is 18.0 Å². The first kappa shape index (κ1) is 28.6. The summed E-state index contributed by atoms with van der Waals surface area (Å²) in [6, 6.07) is 16.2. The Morgan fingerprint density at radius 1 is 0.622 bits per heavy atom. The lowest BCUT2D eigenvalue weighted by Gasteiger charge is -2.07. The molecule has 4 nitrogen and oxygen atoms in total. The summed E-state index contributed by atoms with van der Waals surface area (Å²) in [5.41, 5.74) is 4.11. The molecule has 37 heavy (non-hydrogen) atoms. The van der Waals surface area contributed by atoms with E-state index in [9.17, 15) is 4.79 Å². The van der Waals surface area contributed by atoms with Gasteiger partial charge in [-0.2, -0.15) is 0 Å². The van der Waals surface area contributed by atoms with Crippen LogP contribution in [0.1, 0.15) is 112 Å². The van der Waals surface area contributed by atoms with Crippen molar-refractivity contribution in [2.24, 2.45) is 0 Å². The van der Waals surface area contributed by atoms with E-state index >= 15 is 0 Å². The van der Waals surface area contributed by atoms with Crippen LogP contribution in [0.5, 0.6) is 5.75 Å². The number of rotatable bonds is 17. The van der Waals surface area contributed by atoms with Gasteiger partial charge in [0.1, 0.15) is 0 Å². The highest BCUT2D eigenvalue weighted by atomic mass is 16.5. The molecular weight excluding hydrogens is 456 g/mol. The maximum atomic E-state index is 12.6. The van der Waals surface area contributed by atoms with Crippen molar-refractivity contribution in [3.05, 3.63) is 77.6 Å². The highest BCUT2D eigenvalue weighted by molar-refractivity contribution is 5.91. The third-order valence-electron chi connectivity index (χ3n) is 6.88.